The van der Waals surface area contributed by atoms with Crippen molar-refractivity contribution >= 4 is 24.2 Å². The van der Waals surface area contributed by atoms with E-state index in [2.05, 4.69) is 5.32 Å². The molecular formula is C14H16N2O3. The summed E-state index contributed by atoms with van der Waals surface area (Å²) in [7, 11) is 1.80. The molecule has 100 valence electrons. The lowest BCUT2D eigenvalue weighted by molar-refractivity contribution is -0.112. The van der Waals surface area contributed by atoms with E-state index in [1.807, 2.05) is 12.1 Å². The molecule has 0 spiro atoms. The highest BCUT2D eigenvalue weighted by molar-refractivity contribution is 6.01. The maximum Gasteiger partial charge on any atom is 0.255 e. The second kappa shape index (κ2) is 5.65. The maximum atomic E-state index is 12.3. The van der Waals surface area contributed by atoms with Gasteiger partial charge in [-0.2, -0.15) is 0 Å². The van der Waals surface area contributed by atoms with Crippen LogP contribution in [-0.2, 0) is 16.1 Å². The summed E-state index contributed by atoms with van der Waals surface area (Å²) in [6.45, 7) is 0.410. The molecule has 5 heteroatoms. The van der Waals surface area contributed by atoms with Crippen LogP contribution in [-0.4, -0.2) is 36.5 Å². The average Bonchev–Trinajstić information content (AvgIpc) is 2.77. The molecule has 19 heavy (non-hydrogen) atoms. The van der Waals surface area contributed by atoms with Gasteiger partial charge in [0.2, 0.25) is 0 Å². The van der Waals surface area contributed by atoms with E-state index in [9.17, 15) is 14.4 Å². The Bertz CT molecular complexity index is 513. The molecule has 1 heterocycles. The third-order valence-corrected chi connectivity index (χ3v) is 3.40. The van der Waals surface area contributed by atoms with Crippen LogP contribution >= 0.6 is 0 Å². The van der Waals surface area contributed by atoms with Crippen LogP contribution < -0.4 is 5.32 Å². The van der Waals surface area contributed by atoms with Crippen LogP contribution in [0.3, 0.4) is 0 Å². The third kappa shape index (κ3) is 2.36. The van der Waals surface area contributed by atoms with Crippen molar-refractivity contribution in [2.45, 2.75) is 25.4 Å². The van der Waals surface area contributed by atoms with Gasteiger partial charge in [0, 0.05) is 36.8 Å². The van der Waals surface area contributed by atoms with E-state index in [-0.39, 0.29) is 12.3 Å². The Labute approximate surface area is 111 Å². The van der Waals surface area contributed by atoms with E-state index in [0.717, 1.165) is 23.8 Å². The Hall–Kier alpha value is -2.17. The Kier molecular flexibility index (Phi) is 3.94. The summed E-state index contributed by atoms with van der Waals surface area (Å²) in [5.74, 6) is -0.143. The highest BCUT2D eigenvalue weighted by Gasteiger charge is 2.33. The minimum atomic E-state index is -0.533. The summed E-state index contributed by atoms with van der Waals surface area (Å²) in [6, 6.07) is 4.94. The molecule has 1 aromatic rings. The Balaban J connectivity index is 2.26. The molecule has 0 fully saturated rings. The average molecular weight is 260 g/mol. The summed E-state index contributed by atoms with van der Waals surface area (Å²) < 4.78 is 0. The van der Waals surface area contributed by atoms with Crippen molar-refractivity contribution < 1.29 is 14.4 Å². The number of carbonyl (C=O) groups excluding carboxylic acids is 3. The molecular weight excluding hydrogens is 244 g/mol. The largest absolute Gasteiger partial charge is 0.388 e. The molecule has 0 radical (unpaired) electrons. The van der Waals surface area contributed by atoms with Crippen LogP contribution in [0, 0.1) is 0 Å². The van der Waals surface area contributed by atoms with Gasteiger partial charge in [0.1, 0.15) is 12.6 Å². The van der Waals surface area contributed by atoms with E-state index in [0.29, 0.717) is 18.5 Å². The third-order valence-electron chi connectivity index (χ3n) is 3.40. The predicted molar refractivity (Wildman–Crippen MR) is 71.0 cm³/mol. The summed E-state index contributed by atoms with van der Waals surface area (Å²) >= 11 is 0. The fourth-order valence-electron chi connectivity index (χ4n) is 2.39. The standard InChI is InChI=1S/C14H16N2O3/c1-15-13-6-2-5-11-12(13)8-16(14(11)19)10(9-18)4-3-7-17/h2,5-7,9-10,15H,3-4,8H2,1H3. The van der Waals surface area contributed by atoms with Crippen molar-refractivity contribution in [2.75, 3.05) is 12.4 Å². The van der Waals surface area contributed by atoms with Crippen LogP contribution in [0.15, 0.2) is 18.2 Å². The molecule has 0 aromatic heterocycles. The van der Waals surface area contributed by atoms with E-state index in [4.69, 9.17) is 0 Å². The Morgan fingerprint density at radius 3 is 2.84 bits per heavy atom. The highest BCUT2D eigenvalue weighted by atomic mass is 16.2. The minimum absolute atomic E-state index is 0.143. The van der Waals surface area contributed by atoms with Crippen molar-refractivity contribution in [3.8, 4) is 0 Å². The molecule has 5 nitrogen and oxygen atoms in total. The summed E-state index contributed by atoms with van der Waals surface area (Å²) in [5.41, 5.74) is 2.44. The zero-order valence-corrected chi connectivity index (χ0v) is 10.8. The number of rotatable bonds is 6. The molecule has 2 rings (SSSR count). The molecule has 1 aromatic carbocycles. The van der Waals surface area contributed by atoms with E-state index in [1.54, 1.807) is 13.1 Å². The van der Waals surface area contributed by atoms with Crippen molar-refractivity contribution in [2.24, 2.45) is 0 Å². The van der Waals surface area contributed by atoms with Crippen LogP contribution in [0.2, 0.25) is 0 Å². The number of nitrogens with zero attached hydrogens (tertiary/aromatic N) is 1. The second-order valence-corrected chi connectivity index (χ2v) is 4.46. The van der Waals surface area contributed by atoms with Gasteiger partial charge in [-0.15, -0.1) is 0 Å². The summed E-state index contributed by atoms with van der Waals surface area (Å²) in [6.07, 6.45) is 2.17. The number of fused-ring (bicyclic) bond motifs is 1. The Morgan fingerprint density at radius 1 is 1.42 bits per heavy atom. The Morgan fingerprint density at radius 2 is 2.21 bits per heavy atom. The lowest BCUT2D eigenvalue weighted by Gasteiger charge is -2.22. The van der Waals surface area contributed by atoms with E-state index < -0.39 is 6.04 Å². The smallest absolute Gasteiger partial charge is 0.255 e. The first-order chi connectivity index (χ1) is 9.22. The number of carbonyl (C=O) groups is 3. The van der Waals surface area contributed by atoms with E-state index >= 15 is 0 Å². The lowest BCUT2D eigenvalue weighted by atomic mass is 10.1. The summed E-state index contributed by atoms with van der Waals surface area (Å²) in [4.78, 5) is 35.3. The van der Waals surface area contributed by atoms with Crippen LogP contribution in [0.5, 0.6) is 0 Å². The number of hydrogen-bond acceptors (Lipinski definition) is 4. The van der Waals surface area contributed by atoms with Crippen LogP contribution in [0.4, 0.5) is 5.69 Å². The number of aldehydes is 2. The lowest BCUT2D eigenvalue weighted by Crippen LogP contribution is -2.36. The number of amides is 1. The van der Waals surface area contributed by atoms with Gasteiger partial charge in [-0.3, -0.25) is 4.79 Å². The second-order valence-electron chi connectivity index (χ2n) is 4.46. The van der Waals surface area contributed by atoms with Gasteiger partial charge in [-0.25, -0.2) is 0 Å². The first-order valence-corrected chi connectivity index (χ1v) is 6.22. The van der Waals surface area contributed by atoms with E-state index in [1.165, 1.54) is 4.90 Å². The van der Waals surface area contributed by atoms with Crippen molar-refractivity contribution in [1.29, 1.82) is 0 Å². The topological polar surface area (TPSA) is 66.5 Å². The first-order valence-electron chi connectivity index (χ1n) is 6.22. The number of hydrogen-bond donors (Lipinski definition) is 1. The highest BCUT2D eigenvalue weighted by Crippen LogP contribution is 2.30. The first kappa shape index (κ1) is 13.3. The molecule has 1 atom stereocenters. The van der Waals surface area contributed by atoms with Crippen molar-refractivity contribution in [1.82, 2.24) is 4.90 Å². The monoisotopic (exact) mass is 260 g/mol. The van der Waals surface area contributed by atoms with Gasteiger partial charge in [-0.05, 0) is 18.6 Å². The molecule has 0 aliphatic carbocycles. The number of anilines is 1. The number of nitrogens with one attached hydrogen (secondary N) is 1. The van der Waals surface area contributed by atoms with Gasteiger partial charge in [0.05, 0.1) is 6.04 Å². The normalized spacial score (nSPS) is 15.0. The maximum absolute atomic E-state index is 12.3. The van der Waals surface area contributed by atoms with Crippen molar-refractivity contribution in [3.05, 3.63) is 29.3 Å². The molecule has 1 aliphatic rings. The summed E-state index contributed by atoms with van der Waals surface area (Å²) in [5, 5.41) is 3.05. The molecule has 1 amide bonds. The van der Waals surface area contributed by atoms with Gasteiger partial charge >= 0.3 is 0 Å². The van der Waals surface area contributed by atoms with Gasteiger partial charge in [-0.1, -0.05) is 6.07 Å². The zero-order chi connectivity index (χ0) is 13.8. The minimum Gasteiger partial charge on any atom is -0.388 e. The molecule has 0 bridgehead atoms. The fraction of sp³-hybridized carbons (Fsp3) is 0.357. The molecule has 0 saturated heterocycles. The fourth-order valence-corrected chi connectivity index (χ4v) is 2.39. The van der Waals surface area contributed by atoms with Crippen LogP contribution in [0.25, 0.3) is 0 Å². The predicted octanol–water partition coefficient (Wildman–Crippen LogP) is 1.23. The molecule has 1 aliphatic heterocycles. The molecule has 1 N–H and O–H groups in total. The molecule has 0 saturated carbocycles. The van der Waals surface area contributed by atoms with Gasteiger partial charge in [0.15, 0.2) is 0 Å². The number of benzene rings is 1. The molecule has 1 unspecified atom stereocenters. The SMILES string of the molecule is CNc1cccc2c1CN(C(C=O)CCC=O)C2=O. The van der Waals surface area contributed by atoms with Gasteiger partial charge in [0.25, 0.3) is 5.91 Å². The van der Waals surface area contributed by atoms with Crippen LogP contribution in [0.1, 0.15) is 28.8 Å². The van der Waals surface area contributed by atoms with Crippen molar-refractivity contribution in [3.63, 3.8) is 0 Å². The quantitative estimate of drug-likeness (QED) is 0.781. The zero-order valence-electron chi connectivity index (χ0n) is 10.8. The van der Waals surface area contributed by atoms with Gasteiger partial charge < -0.3 is 19.8 Å².